The Kier molecular flexibility index (Phi) is 2.23. The van der Waals surface area contributed by atoms with Gasteiger partial charge in [0, 0.05) is 16.7 Å². The Morgan fingerprint density at radius 3 is 2.59 bits per heavy atom. The minimum Gasteiger partial charge on any atom is -0.295 e. The number of carbonyl (C=O) groups excluding carboxylic acids is 2. The van der Waals surface area contributed by atoms with Gasteiger partial charge in [0.25, 0.3) is 0 Å². The number of thiophene rings is 1. The van der Waals surface area contributed by atoms with Gasteiger partial charge in [0.15, 0.2) is 11.6 Å². The van der Waals surface area contributed by atoms with Gasteiger partial charge in [-0.1, -0.05) is 18.2 Å². The van der Waals surface area contributed by atoms with E-state index in [9.17, 15) is 9.59 Å². The molecule has 1 heterocycles. The lowest BCUT2D eigenvalue weighted by Gasteiger charge is -2.25. The molecule has 2 aliphatic carbocycles. The molecule has 3 heteroatoms. The van der Waals surface area contributed by atoms with Crippen molar-refractivity contribution in [3.63, 3.8) is 0 Å². The van der Waals surface area contributed by atoms with Crippen LogP contribution >= 0.6 is 11.3 Å². The molecule has 0 aliphatic heterocycles. The first-order chi connectivity index (χ1) is 8.20. The van der Waals surface area contributed by atoms with Crippen molar-refractivity contribution in [1.29, 1.82) is 0 Å². The van der Waals surface area contributed by atoms with E-state index in [1.807, 2.05) is 29.7 Å². The average molecular weight is 242 g/mol. The molecule has 0 saturated carbocycles. The Morgan fingerprint density at radius 2 is 1.94 bits per heavy atom. The molecular weight excluding hydrogens is 232 g/mol. The first-order valence-electron chi connectivity index (χ1n) is 5.41. The summed E-state index contributed by atoms with van der Waals surface area (Å²) in [5.41, 5.74) is 0.619. The van der Waals surface area contributed by atoms with E-state index >= 15 is 0 Å². The van der Waals surface area contributed by atoms with E-state index in [-0.39, 0.29) is 11.6 Å². The van der Waals surface area contributed by atoms with E-state index in [1.165, 1.54) is 0 Å². The van der Waals surface area contributed by atoms with Gasteiger partial charge in [-0.2, -0.15) is 0 Å². The van der Waals surface area contributed by atoms with E-state index < -0.39 is 5.41 Å². The van der Waals surface area contributed by atoms with Crippen LogP contribution in [0.5, 0.6) is 0 Å². The molecule has 0 fully saturated rings. The number of ketones is 2. The summed E-state index contributed by atoms with van der Waals surface area (Å²) in [6, 6.07) is 3.98. The minimum atomic E-state index is -0.393. The van der Waals surface area contributed by atoms with Gasteiger partial charge in [-0.3, -0.25) is 9.59 Å². The van der Waals surface area contributed by atoms with Crippen LogP contribution < -0.4 is 0 Å². The Morgan fingerprint density at radius 1 is 1.18 bits per heavy atom. The second kappa shape index (κ2) is 3.64. The van der Waals surface area contributed by atoms with Crippen molar-refractivity contribution in [3.05, 3.63) is 52.8 Å². The molecule has 2 nitrogen and oxygen atoms in total. The number of carbonyl (C=O) groups is 2. The topological polar surface area (TPSA) is 34.1 Å². The fraction of sp³-hybridized carbons (Fsp3) is 0.143. The van der Waals surface area contributed by atoms with Gasteiger partial charge in [0.1, 0.15) is 0 Å². The quantitative estimate of drug-likeness (QED) is 0.759. The first-order valence-corrected chi connectivity index (χ1v) is 6.29. The second-order valence-corrected chi connectivity index (χ2v) is 5.24. The third kappa shape index (κ3) is 1.63. The summed E-state index contributed by atoms with van der Waals surface area (Å²) >= 11 is 1.62. The summed E-state index contributed by atoms with van der Waals surface area (Å²) in [6.45, 7) is 0. The summed E-state index contributed by atoms with van der Waals surface area (Å²) in [7, 11) is 0. The Labute approximate surface area is 103 Å². The number of hydrogen-bond acceptors (Lipinski definition) is 3. The zero-order chi connectivity index (χ0) is 11.9. The van der Waals surface area contributed by atoms with Gasteiger partial charge in [0.05, 0.1) is 0 Å². The van der Waals surface area contributed by atoms with Crippen LogP contribution in [-0.2, 0) is 9.59 Å². The van der Waals surface area contributed by atoms with Crippen LogP contribution in [0.3, 0.4) is 0 Å². The highest BCUT2D eigenvalue weighted by atomic mass is 32.1. The third-order valence-corrected chi connectivity index (χ3v) is 4.05. The third-order valence-electron chi connectivity index (χ3n) is 3.15. The molecule has 0 atom stereocenters. The van der Waals surface area contributed by atoms with Crippen molar-refractivity contribution in [2.75, 3.05) is 0 Å². The van der Waals surface area contributed by atoms with Gasteiger partial charge in [-0.15, -0.1) is 11.3 Å². The number of allylic oxidation sites excluding steroid dienone is 6. The van der Waals surface area contributed by atoms with Crippen molar-refractivity contribution in [2.45, 2.75) is 6.42 Å². The summed E-state index contributed by atoms with van der Waals surface area (Å²) in [6.07, 6.45) is 8.95. The molecule has 17 heavy (non-hydrogen) atoms. The predicted molar refractivity (Wildman–Crippen MR) is 67.6 cm³/mol. The SMILES string of the molecule is O=C1C=CC2(C=C1)CC(=O)C=C2c1cccs1. The maximum Gasteiger partial charge on any atom is 0.178 e. The molecular formula is C14H10O2S. The largest absolute Gasteiger partial charge is 0.295 e. The summed E-state index contributed by atoms with van der Waals surface area (Å²) in [4.78, 5) is 24.0. The van der Waals surface area contributed by atoms with Gasteiger partial charge in [0.2, 0.25) is 0 Å². The van der Waals surface area contributed by atoms with Crippen LogP contribution in [0.1, 0.15) is 11.3 Å². The lowest BCUT2D eigenvalue weighted by atomic mass is 9.77. The van der Waals surface area contributed by atoms with Crippen LogP contribution in [0, 0.1) is 5.41 Å². The fourth-order valence-electron chi connectivity index (χ4n) is 2.33. The Balaban J connectivity index is 2.10. The van der Waals surface area contributed by atoms with E-state index in [1.54, 1.807) is 29.6 Å². The van der Waals surface area contributed by atoms with Crippen molar-refractivity contribution in [1.82, 2.24) is 0 Å². The van der Waals surface area contributed by atoms with Crippen molar-refractivity contribution in [3.8, 4) is 0 Å². The molecule has 84 valence electrons. The monoisotopic (exact) mass is 242 g/mol. The molecule has 1 aromatic heterocycles. The number of rotatable bonds is 1. The summed E-state index contributed by atoms with van der Waals surface area (Å²) in [5, 5.41) is 1.99. The lowest BCUT2D eigenvalue weighted by molar-refractivity contribution is -0.115. The highest BCUT2D eigenvalue weighted by Crippen LogP contribution is 2.48. The molecule has 1 aromatic rings. The maximum atomic E-state index is 11.7. The van der Waals surface area contributed by atoms with Crippen LogP contribution in [0.2, 0.25) is 0 Å². The smallest absolute Gasteiger partial charge is 0.178 e. The first kappa shape index (κ1) is 10.4. The van der Waals surface area contributed by atoms with Crippen LogP contribution in [0.15, 0.2) is 47.9 Å². The summed E-state index contributed by atoms with van der Waals surface area (Å²) in [5.74, 6) is 0.109. The number of hydrogen-bond donors (Lipinski definition) is 0. The van der Waals surface area contributed by atoms with E-state index in [0.29, 0.717) is 6.42 Å². The molecule has 0 amide bonds. The Hall–Kier alpha value is -1.74. The zero-order valence-electron chi connectivity index (χ0n) is 9.05. The molecule has 0 N–H and O–H groups in total. The van der Waals surface area contributed by atoms with Crippen LogP contribution in [0.25, 0.3) is 5.57 Å². The molecule has 0 radical (unpaired) electrons. The predicted octanol–water partition coefficient (Wildman–Crippen LogP) is 2.79. The van der Waals surface area contributed by atoms with Gasteiger partial charge < -0.3 is 0 Å². The molecule has 1 spiro atoms. The highest BCUT2D eigenvalue weighted by molar-refractivity contribution is 7.11. The Bertz CT molecular complexity index is 557. The van der Waals surface area contributed by atoms with Crippen molar-refractivity contribution in [2.24, 2.45) is 5.41 Å². The van der Waals surface area contributed by atoms with Crippen LogP contribution in [0.4, 0.5) is 0 Å². The molecule has 0 bridgehead atoms. The van der Waals surface area contributed by atoms with Gasteiger partial charge >= 0.3 is 0 Å². The average Bonchev–Trinajstić information content (AvgIpc) is 2.91. The molecule has 2 aliphatic rings. The van der Waals surface area contributed by atoms with E-state index in [4.69, 9.17) is 0 Å². The highest BCUT2D eigenvalue weighted by Gasteiger charge is 2.39. The molecule has 3 rings (SSSR count). The standard InChI is InChI=1S/C14H10O2S/c15-10-3-5-14(6-4-10)9-11(16)8-12(14)13-2-1-7-17-13/h1-8H,9H2. The minimum absolute atomic E-state index is 0.0134. The van der Waals surface area contributed by atoms with Gasteiger partial charge in [-0.05, 0) is 35.2 Å². The van der Waals surface area contributed by atoms with Gasteiger partial charge in [-0.25, -0.2) is 0 Å². The summed E-state index contributed by atoms with van der Waals surface area (Å²) < 4.78 is 0. The zero-order valence-corrected chi connectivity index (χ0v) is 9.87. The van der Waals surface area contributed by atoms with Crippen molar-refractivity contribution < 1.29 is 9.59 Å². The van der Waals surface area contributed by atoms with E-state index in [0.717, 1.165) is 10.5 Å². The second-order valence-electron chi connectivity index (χ2n) is 4.29. The van der Waals surface area contributed by atoms with E-state index in [2.05, 4.69) is 0 Å². The van der Waals surface area contributed by atoms with Crippen LogP contribution in [-0.4, -0.2) is 11.6 Å². The lowest BCUT2D eigenvalue weighted by Crippen LogP contribution is -2.18. The normalized spacial score (nSPS) is 21.3. The molecule has 0 saturated heterocycles. The fourth-order valence-corrected chi connectivity index (χ4v) is 3.17. The molecule has 0 unspecified atom stereocenters. The molecule has 0 aromatic carbocycles. The maximum absolute atomic E-state index is 11.7. The van der Waals surface area contributed by atoms with Crippen molar-refractivity contribution >= 4 is 28.5 Å².